The summed E-state index contributed by atoms with van der Waals surface area (Å²) in [7, 11) is 0. The Hall–Kier alpha value is -2.37. The van der Waals surface area contributed by atoms with Crippen molar-refractivity contribution in [1.82, 2.24) is 4.98 Å². The second-order valence-electron chi connectivity index (χ2n) is 3.98. The van der Waals surface area contributed by atoms with Crippen molar-refractivity contribution in [2.24, 2.45) is 0 Å². The van der Waals surface area contributed by atoms with Gasteiger partial charge in [-0.1, -0.05) is 30.3 Å². The third-order valence-electron chi connectivity index (χ3n) is 2.53. The predicted octanol–water partition coefficient (Wildman–Crippen LogP) is 3.49. The zero-order valence-electron chi connectivity index (χ0n) is 10.2. The molecule has 20 heavy (non-hydrogen) atoms. The summed E-state index contributed by atoms with van der Waals surface area (Å²) in [6, 6.07) is 10.7. The van der Waals surface area contributed by atoms with Crippen LogP contribution in [0.1, 0.15) is 21.6 Å². The first-order valence-corrected chi connectivity index (χ1v) is 5.71. The van der Waals surface area contributed by atoms with Gasteiger partial charge in [-0.05, 0) is 17.7 Å². The third-order valence-corrected chi connectivity index (χ3v) is 2.53. The quantitative estimate of drug-likeness (QED) is 0.805. The van der Waals surface area contributed by atoms with Crippen molar-refractivity contribution in [3.63, 3.8) is 0 Å². The van der Waals surface area contributed by atoms with E-state index in [-0.39, 0.29) is 18.1 Å². The lowest BCUT2D eigenvalue weighted by Gasteiger charge is -2.11. The van der Waals surface area contributed by atoms with Crippen LogP contribution in [0.4, 0.5) is 13.2 Å². The maximum atomic E-state index is 12.6. The molecule has 0 unspecified atom stereocenters. The number of hydrogen-bond acceptors (Lipinski definition) is 3. The summed E-state index contributed by atoms with van der Waals surface area (Å²) in [6.45, 7) is 0.0377. The van der Waals surface area contributed by atoms with Crippen molar-refractivity contribution in [2.45, 2.75) is 12.8 Å². The van der Waals surface area contributed by atoms with Crippen LogP contribution in [-0.2, 0) is 12.8 Å². The van der Waals surface area contributed by atoms with Gasteiger partial charge in [0.25, 0.3) is 0 Å². The molecule has 3 nitrogen and oxygen atoms in total. The minimum absolute atomic E-state index is 0.0195. The average Bonchev–Trinajstić information content (AvgIpc) is 2.45. The van der Waals surface area contributed by atoms with Crippen LogP contribution in [0.25, 0.3) is 0 Å². The van der Waals surface area contributed by atoms with Crippen molar-refractivity contribution in [3.05, 3.63) is 59.3 Å². The Bertz CT molecular complexity index is 597. The molecule has 104 valence electrons. The molecular weight excluding hydrogens is 271 g/mol. The topological polar surface area (TPSA) is 39.2 Å². The second-order valence-corrected chi connectivity index (χ2v) is 3.98. The Balaban J connectivity index is 2.23. The van der Waals surface area contributed by atoms with E-state index in [1.54, 1.807) is 24.3 Å². The van der Waals surface area contributed by atoms with Gasteiger partial charge >= 0.3 is 6.18 Å². The number of benzene rings is 1. The Labute approximate surface area is 113 Å². The first-order valence-electron chi connectivity index (χ1n) is 5.71. The highest BCUT2D eigenvalue weighted by molar-refractivity contribution is 5.78. The normalized spacial score (nSPS) is 11.2. The van der Waals surface area contributed by atoms with Gasteiger partial charge in [0.2, 0.25) is 5.88 Å². The van der Waals surface area contributed by atoms with Gasteiger partial charge in [0, 0.05) is 0 Å². The maximum Gasteiger partial charge on any atom is 0.433 e. The highest BCUT2D eigenvalue weighted by atomic mass is 19.4. The van der Waals surface area contributed by atoms with Gasteiger partial charge in [-0.15, -0.1) is 0 Å². The number of hydrogen-bond donors (Lipinski definition) is 0. The van der Waals surface area contributed by atoms with Crippen LogP contribution in [-0.4, -0.2) is 11.3 Å². The molecular formula is C14H10F3NO2. The molecule has 0 aliphatic heterocycles. The minimum Gasteiger partial charge on any atom is -0.472 e. The van der Waals surface area contributed by atoms with E-state index in [2.05, 4.69) is 4.98 Å². The summed E-state index contributed by atoms with van der Waals surface area (Å²) in [5.41, 5.74) is -0.344. The summed E-state index contributed by atoms with van der Waals surface area (Å²) in [6.07, 6.45) is -4.17. The molecule has 0 aliphatic rings. The number of carbonyl (C=O) groups excluding carboxylic acids is 1. The fourth-order valence-corrected chi connectivity index (χ4v) is 1.54. The number of pyridine rings is 1. The average molecular weight is 281 g/mol. The largest absolute Gasteiger partial charge is 0.472 e. The molecule has 0 amide bonds. The summed E-state index contributed by atoms with van der Waals surface area (Å²) in [5, 5.41) is 0. The second kappa shape index (κ2) is 5.73. The molecule has 2 aromatic rings. The van der Waals surface area contributed by atoms with Crippen LogP contribution in [0, 0.1) is 0 Å². The molecule has 0 N–H and O–H groups in total. The van der Waals surface area contributed by atoms with Gasteiger partial charge in [0.15, 0.2) is 6.29 Å². The molecule has 1 aromatic heterocycles. The molecule has 0 spiro atoms. The lowest BCUT2D eigenvalue weighted by atomic mass is 10.2. The fourth-order valence-electron chi connectivity index (χ4n) is 1.54. The van der Waals surface area contributed by atoms with Gasteiger partial charge in [0.1, 0.15) is 12.3 Å². The predicted molar refractivity (Wildman–Crippen MR) is 65.4 cm³/mol. The van der Waals surface area contributed by atoms with E-state index < -0.39 is 11.9 Å². The summed E-state index contributed by atoms with van der Waals surface area (Å²) < 4.78 is 42.9. The third kappa shape index (κ3) is 3.34. The van der Waals surface area contributed by atoms with E-state index in [0.29, 0.717) is 6.29 Å². The summed E-state index contributed by atoms with van der Waals surface area (Å²) in [5.74, 6) is -0.321. The summed E-state index contributed by atoms with van der Waals surface area (Å²) in [4.78, 5) is 14.1. The number of rotatable bonds is 4. The number of aldehydes is 1. The van der Waals surface area contributed by atoms with Crippen molar-refractivity contribution in [2.75, 3.05) is 0 Å². The molecule has 0 radical (unpaired) electrons. The maximum absolute atomic E-state index is 12.6. The van der Waals surface area contributed by atoms with Crippen molar-refractivity contribution in [3.8, 4) is 5.88 Å². The Morgan fingerprint density at radius 2 is 1.80 bits per heavy atom. The number of aromatic nitrogens is 1. The number of halogens is 3. The zero-order valence-corrected chi connectivity index (χ0v) is 10.2. The van der Waals surface area contributed by atoms with Gasteiger partial charge < -0.3 is 4.74 Å². The van der Waals surface area contributed by atoms with E-state index in [9.17, 15) is 18.0 Å². The van der Waals surface area contributed by atoms with Crippen LogP contribution in [0.15, 0.2) is 42.5 Å². The van der Waals surface area contributed by atoms with Gasteiger partial charge in [-0.25, -0.2) is 4.98 Å². The van der Waals surface area contributed by atoms with Gasteiger partial charge in [-0.3, -0.25) is 4.79 Å². The van der Waals surface area contributed by atoms with Crippen LogP contribution in [0.5, 0.6) is 5.88 Å². The molecule has 0 saturated heterocycles. The lowest BCUT2D eigenvalue weighted by molar-refractivity contribution is -0.141. The standard InChI is InChI=1S/C14H10F3NO2/c15-14(16,17)12-7-6-11(8-19)13(18-12)20-9-10-4-2-1-3-5-10/h1-8H,9H2. The molecule has 0 saturated carbocycles. The molecule has 1 aromatic carbocycles. The van der Waals surface area contributed by atoms with E-state index >= 15 is 0 Å². The molecule has 0 fully saturated rings. The number of nitrogens with zero attached hydrogens (tertiary/aromatic N) is 1. The highest BCUT2D eigenvalue weighted by Gasteiger charge is 2.33. The molecule has 0 aliphatic carbocycles. The minimum atomic E-state index is -4.58. The molecule has 0 bridgehead atoms. The molecule has 6 heteroatoms. The Morgan fingerprint density at radius 1 is 1.10 bits per heavy atom. The van der Waals surface area contributed by atoms with Crippen LogP contribution in [0.3, 0.4) is 0 Å². The zero-order chi connectivity index (χ0) is 14.6. The number of ether oxygens (including phenoxy) is 1. The Morgan fingerprint density at radius 3 is 2.40 bits per heavy atom. The number of carbonyl (C=O) groups is 1. The van der Waals surface area contributed by atoms with Crippen LogP contribution in [0.2, 0.25) is 0 Å². The fraction of sp³-hybridized carbons (Fsp3) is 0.143. The van der Waals surface area contributed by atoms with Crippen molar-refractivity contribution >= 4 is 6.29 Å². The smallest absolute Gasteiger partial charge is 0.433 e. The Kier molecular flexibility index (Phi) is 4.02. The van der Waals surface area contributed by atoms with Gasteiger partial charge in [0.05, 0.1) is 5.56 Å². The van der Waals surface area contributed by atoms with Crippen molar-refractivity contribution < 1.29 is 22.7 Å². The first-order chi connectivity index (χ1) is 9.50. The molecule has 2 rings (SSSR count). The van der Waals surface area contributed by atoms with E-state index in [1.807, 2.05) is 6.07 Å². The first kappa shape index (κ1) is 14.0. The van der Waals surface area contributed by atoms with Crippen LogP contribution < -0.4 is 4.74 Å². The van der Waals surface area contributed by atoms with E-state index in [4.69, 9.17) is 4.74 Å². The van der Waals surface area contributed by atoms with Gasteiger partial charge in [-0.2, -0.15) is 13.2 Å². The van der Waals surface area contributed by atoms with Crippen LogP contribution >= 0.6 is 0 Å². The SMILES string of the molecule is O=Cc1ccc(C(F)(F)F)nc1OCc1ccccc1. The highest BCUT2D eigenvalue weighted by Crippen LogP contribution is 2.30. The molecule has 1 heterocycles. The van der Waals surface area contributed by atoms with E-state index in [0.717, 1.165) is 17.7 Å². The lowest BCUT2D eigenvalue weighted by Crippen LogP contribution is -2.10. The number of alkyl halides is 3. The summed E-state index contributed by atoms with van der Waals surface area (Å²) >= 11 is 0. The van der Waals surface area contributed by atoms with Crippen molar-refractivity contribution in [1.29, 1.82) is 0 Å². The van der Waals surface area contributed by atoms with E-state index in [1.165, 1.54) is 0 Å². The molecule has 0 atom stereocenters. The monoisotopic (exact) mass is 281 g/mol.